The zero-order valence-electron chi connectivity index (χ0n) is 15.6. The minimum absolute atomic E-state index is 0.0645. The number of thiophene rings is 1. The number of hydrogen-bond acceptors (Lipinski definition) is 6. The Bertz CT molecular complexity index is 968. The highest BCUT2D eigenvalue weighted by atomic mass is 35.5. The molecule has 156 valence electrons. The molecule has 0 bridgehead atoms. The fourth-order valence-electron chi connectivity index (χ4n) is 2.97. The topological polar surface area (TPSA) is 92.8 Å². The molecule has 10 heteroatoms. The van der Waals surface area contributed by atoms with E-state index in [4.69, 9.17) is 16.3 Å². The first-order valence-electron chi connectivity index (χ1n) is 9.18. The monoisotopic (exact) mass is 456 g/mol. The average molecular weight is 457 g/mol. The number of esters is 1. The maximum Gasteiger partial charge on any atom is 0.348 e. The summed E-state index contributed by atoms with van der Waals surface area (Å²) in [6.07, 6.45) is 3.67. The summed E-state index contributed by atoms with van der Waals surface area (Å²) in [5.41, 5.74) is 0.153. The minimum atomic E-state index is -3.68. The van der Waals surface area contributed by atoms with Gasteiger partial charge in [-0.2, -0.15) is 4.31 Å². The van der Waals surface area contributed by atoms with E-state index < -0.39 is 28.5 Å². The van der Waals surface area contributed by atoms with E-state index >= 15 is 0 Å². The molecule has 1 fully saturated rings. The number of nitrogens with one attached hydrogen (secondary N) is 1. The molecule has 1 aromatic heterocycles. The molecule has 1 amide bonds. The van der Waals surface area contributed by atoms with Crippen molar-refractivity contribution in [2.75, 3.05) is 25.0 Å². The Morgan fingerprint density at radius 2 is 1.86 bits per heavy atom. The van der Waals surface area contributed by atoms with Crippen molar-refractivity contribution in [1.82, 2.24) is 4.31 Å². The molecular weight excluding hydrogens is 436 g/mol. The Morgan fingerprint density at radius 1 is 1.14 bits per heavy atom. The van der Waals surface area contributed by atoms with E-state index in [9.17, 15) is 18.0 Å². The van der Waals surface area contributed by atoms with Crippen LogP contribution in [0.5, 0.6) is 0 Å². The number of sulfonamides is 1. The lowest BCUT2D eigenvalue weighted by atomic mass is 10.2. The first-order chi connectivity index (χ1) is 13.9. The lowest BCUT2D eigenvalue weighted by Crippen LogP contribution is -2.32. The lowest BCUT2D eigenvalue weighted by Gasteiger charge is -2.20. The molecule has 2 heterocycles. The van der Waals surface area contributed by atoms with E-state index in [1.165, 1.54) is 33.8 Å². The Balaban J connectivity index is 1.68. The van der Waals surface area contributed by atoms with Crippen molar-refractivity contribution in [3.05, 3.63) is 45.6 Å². The van der Waals surface area contributed by atoms with Crippen LogP contribution >= 0.6 is 22.9 Å². The molecule has 1 saturated heterocycles. The second-order valence-electron chi connectivity index (χ2n) is 6.56. The second-order valence-corrected chi connectivity index (χ2v) is 9.85. The van der Waals surface area contributed by atoms with Crippen molar-refractivity contribution in [2.24, 2.45) is 0 Å². The molecule has 1 aliphatic heterocycles. The molecule has 0 radical (unpaired) electrons. The predicted octanol–water partition coefficient (Wildman–Crippen LogP) is 3.76. The van der Waals surface area contributed by atoms with Gasteiger partial charge < -0.3 is 10.1 Å². The number of rotatable bonds is 6. The van der Waals surface area contributed by atoms with Gasteiger partial charge in [0.1, 0.15) is 4.88 Å². The first kappa shape index (κ1) is 21.8. The molecular formula is C19H21ClN2O5S2. The van der Waals surface area contributed by atoms with Gasteiger partial charge in [-0.3, -0.25) is 4.79 Å². The molecule has 29 heavy (non-hydrogen) atoms. The van der Waals surface area contributed by atoms with E-state index in [1.54, 1.807) is 17.5 Å². The molecule has 0 aliphatic carbocycles. The standard InChI is InChI=1S/C19H21ClN2O5S2/c20-15-8-7-14(29(25,26)22-9-3-1-2-4-10-22)12-16(15)21-18(23)13-27-19(24)17-6-5-11-28-17/h5-8,11-12H,1-4,9-10,13H2,(H,21,23). The summed E-state index contributed by atoms with van der Waals surface area (Å²) in [6, 6.07) is 7.49. The van der Waals surface area contributed by atoms with Gasteiger partial charge in [-0.25, -0.2) is 13.2 Å². The van der Waals surface area contributed by atoms with Crippen LogP contribution in [-0.2, 0) is 19.6 Å². The van der Waals surface area contributed by atoms with Crippen molar-refractivity contribution in [3.63, 3.8) is 0 Å². The molecule has 2 aromatic rings. The van der Waals surface area contributed by atoms with Crippen LogP contribution in [-0.4, -0.2) is 44.3 Å². The van der Waals surface area contributed by atoms with Crippen LogP contribution < -0.4 is 5.32 Å². The highest BCUT2D eigenvalue weighted by Crippen LogP contribution is 2.28. The Labute approximate surface area is 178 Å². The Kier molecular flexibility index (Phi) is 7.28. The summed E-state index contributed by atoms with van der Waals surface area (Å²) < 4.78 is 32.3. The highest BCUT2D eigenvalue weighted by Gasteiger charge is 2.26. The summed E-state index contributed by atoms with van der Waals surface area (Å²) >= 11 is 7.33. The minimum Gasteiger partial charge on any atom is -0.451 e. The van der Waals surface area contributed by atoms with Crippen molar-refractivity contribution in [3.8, 4) is 0 Å². The second kappa shape index (κ2) is 9.71. The molecule has 0 atom stereocenters. The highest BCUT2D eigenvalue weighted by molar-refractivity contribution is 7.89. The van der Waals surface area contributed by atoms with Gasteiger partial charge in [0, 0.05) is 13.1 Å². The molecule has 0 saturated carbocycles. The third-order valence-electron chi connectivity index (χ3n) is 4.47. The van der Waals surface area contributed by atoms with E-state index in [1.807, 2.05) is 0 Å². The summed E-state index contributed by atoms with van der Waals surface area (Å²) in [7, 11) is -3.68. The van der Waals surface area contributed by atoms with Gasteiger partial charge in [0.2, 0.25) is 10.0 Å². The number of carbonyl (C=O) groups is 2. The van der Waals surface area contributed by atoms with Crippen LogP contribution in [0.4, 0.5) is 5.69 Å². The number of nitrogens with zero attached hydrogens (tertiary/aromatic N) is 1. The summed E-state index contributed by atoms with van der Waals surface area (Å²) in [6.45, 7) is 0.451. The van der Waals surface area contributed by atoms with E-state index in [-0.39, 0.29) is 15.6 Å². The predicted molar refractivity (Wildman–Crippen MR) is 112 cm³/mol. The lowest BCUT2D eigenvalue weighted by molar-refractivity contribution is -0.119. The largest absolute Gasteiger partial charge is 0.451 e. The van der Waals surface area contributed by atoms with Gasteiger partial charge in [-0.05, 0) is 42.5 Å². The molecule has 0 spiro atoms. The van der Waals surface area contributed by atoms with Crippen LogP contribution in [0, 0.1) is 0 Å². The maximum absolute atomic E-state index is 12.9. The molecule has 1 aromatic carbocycles. The summed E-state index contributed by atoms with van der Waals surface area (Å²) in [5, 5.41) is 4.43. The SMILES string of the molecule is O=C(COC(=O)c1cccs1)Nc1cc(S(=O)(=O)N2CCCCCC2)ccc1Cl. The number of carbonyl (C=O) groups excluding carboxylic acids is 2. The van der Waals surface area contributed by atoms with Crippen LogP contribution in [0.15, 0.2) is 40.6 Å². The fourth-order valence-corrected chi connectivity index (χ4v) is 5.30. The van der Waals surface area contributed by atoms with Crippen LogP contribution in [0.3, 0.4) is 0 Å². The van der Waals surface area contributed by atoms with Gasteiger partial charge in [0.05, 0.1) is 15.6 Å². The molecule has 1 aliphatic rings. The number of anilines is 1. The van der Waals surface area contributed by atoms with Gasteiger partial charge >= 0.3 is 5.97 Å². The van der Waals surface area contributed by atoms with E-state index in [0.717, 1.165) is 25.7 Å². The smallest absolute Gasteiger partial charge is 0.348 e. The number of benzene rings is 1. The number of amides is 1. The third kappa shape index (κ3) is 5.57. The maximum atomic E-state index is 12.9. The number of ether oxygens (including phenoxy) is 1. The Hall–Kier alpha value is -1.94. The van der Waals surface area contributed by atoms with Gasteiger partial charge in [-0.15, -0.1) is 11.3 Å². The quantitative estimate of drug-likeness (QED) is 0.668. The summed E-state index contributed by atoms with van der Waals surface area (Å²) in [4.78, 5) is 24.4. The van der Waals surface area contributed by atoms with Crippen LogP contribution in [0.25, 0.3) is 0 Å². The van der Waals surface area contributed by atoms with Crippen molar-refractivity contribution in [2.45, 2.75) is 30.6 Å². The third-order valence-corrected chi connectivity index (χ3v) is 7.55. The first-order valence-corrected chi connectivity index (χ1v) is 11.9. The number of halogens is 1. The fraction of sp³-hybridized carbons (Fsp3) is 0.368. The Morgan fingerprint density at radius 3 is 2.52 bits per heavy atom. The van der Waals surface area contributed by atoms with Gasteiger partial charge in [-0.1, -0.05) is 30.5 Å². The van der Waals surface area contributed by atoms with Gasteiger partial charge in [0.25, 0.3) is 5.91 Å². The molecule has 7 nitrogen and oxygen atoms in total. The number of hydrogen-bond donors (Lipinski definition) is 1. The molecule has 0 unspecified atom stereocenters. The van der Waals surface area contributed by atoms with Gasteiger partial charge in [0.15, 0.2) is 6.61 Å². The molecule has 1 N–H and O–H groups in total. The van der Waals surface area contributed by atoms with Crippen molar-refractivity contribution >= 4 is 50.5 Å². The van der Waals surface area contributed by atoms with E-state index in [0.29, 0.717) is 18.0 Å². The van der Waals surface area contributed by atoms with Crippen LogP contribution in [0.2, 0.25) is 5.02 Å². The van der Waals surface area contributed by atoms with Crippen molar-refractivity contribution in [1.29, 1.82) is 0 Å². The zero-order chi connectivity index (χ0) is 20.9. The molecule has 3 rings (SSSR count). The van der Waals surface area contributed by atoms with E-state index in [2.05, 4.69) is 5.32 Å². The average Bonchev–Trinajstić information content (AvgIpc) is 3.09. The van der Waals surface area contributed by atoms with Crippen LogP contribution in [0.1, 0.15) is 35.4 Å². The zero-order valence-corrected chi connectivity index (χ0v) is 18.0. The normalized spacial score (nSPS) is 15.5. The van der Waals surface area contributed by atoms with Crippen molar-refractivity contribution < 1.29 is 22.7 Å². The summed E-state index contributed by atoms with van der Waals surface area (Å²) in [5.74, 6) is -1.21.